The summed E-state index contributed by atoms with van der Waals surface area (Å²) in [6.45, 7) is 6.30. The Morgan fingerprint density at radius 3 is 2.67 bits per heavy atom. The monoisotopic (exact) mass is 310 g/mol. The highest BCUT2D eigenvalue weighted by atomic mass is 32.2. The molecule has 0 aromatic heterocycles. The zero-order valence-corrected chi connectivity index (χ0v) is 14.0. The maximum absolute atomic E-state index is 12.7. The molecule has 1 fully saturated rings. The van der Waals surface area contributed by atoms with Crippen LogP contribution in [-0.4, -0.2) is 20.5 Å². The van der Waals surface area contributed by atoms with Crippen LogP contribution in [0.2, 0.25) is 0 Å². The van der Waals surface area contributed by atoms with E-state index in [-0.39, 0.29) is 0 Å². The number of nitrogens with one attached hydrogen (secondary N) is 1. The second kappa shape index (κ2) is 6.07. The van der Waals surface area contributed by atoms with Gasteiger partial charge in [0.1, 0.15) is 0 Å². The van der Waals surface area contributed by atoms with Crippen molar-refractivity contribution in [3.8, 4) is 0 Å². The molecule has 0 amide bonds. The number of benzene rings is 1. The number of nitrogens with two attached hydrogens (primary N) is 1. The van der Waals surface area contributed by atoms with Crippen LogP contribution in [0.3, 0.4) is 0 Å². The highest BCUT2D eigenvalue weighted by Crippen LogP contribution is 2.33. The van der Waals surface area contributed by atoms with Crippen molar-refractivity contribution in [1.82, 2.24) is 4.72 Å². The summed E-state index contributed by atoms with van der Waals surface area (Å²) in [4.78, 5) is 0.360. The first-order valence-corrected chi connectivity index (χ1v) is 9.08. The van der Waals surface area contributed by atoms with Gasteiger partial charge in [-0.05, 0) is 44.2 Å². The van der Waals surface area contributed by atoms with Crippen LogP contribution in [0.4, 0.5) is 0 Å². The number of aryl methyl sites for hydroxylation is 2. The highest BCUT2D eigenvalue weighted by Gasteiger charge is 2.37. The lowest BCUT2D eigenvalue weighted by molar-refractivity contribution is 0.223. The van der Waals surface area contributed by atoms with E-state index in [1.54, 1.807) is 6.07 Å². The minimum absolute atomic E-state index is 0.349. The molecule has 2 unspecified atom stereocenters. The smallest absolute Gasteiger partial charge is 0.241 e. The molecule has 3 N–H and O–H groups in total. The lowest BCUT2D eigenvalue weighted by atomic mass is 9.77. The molecular formula is C16H26N2O2S. The molecule has 118 valence electrons. The summed E-state index contributed by atoms with van der Waals surface area (Å²) in [5.41, 5.74) is 7.27. The second-order valence-corrected chi connectivity index (χ2v) is 8.21. The first kappa shape index (κ1) is 16.5. The van der Waals surface area contributed by atoms with Crippen molar-refractivity contribution in [3.63, 3.8) is 0 Å². The molecule has 1 aliphatic rings. The fourth-order valence-corrected chi connectivity index (χ4v) is 5.10. The van der Waals surface area contributed by atoms with Crippen LogP contribution in [-0.2, 0) is 10.0 Å². The number of hydrogen-bond acceptors (Lipinski definition) is 3. The van der Waals surface area contributed by atoms with Crippen LogP contribution in [0.1, 0.15) is 43.7 Å². The molecule has 0 aliphatic heterocycles. The van der Waals surface area contributed by atoms with Gasteiger partial charge in [0.15, 0.2) is 0 Å². The van der Waals surface area contributed by atoms with Gasteiger partial charge in [-0.25, -0.2) is 13.1 Å². The van der Waals surface area contributed by atoms with Gasteiger partial charge in [-0.2, -0.15) is 0 Å². The molecule has 2 rings (SSSR count). The molecule has 0 heterocycles. The summed E-state index contributed by atoms with van der Waals surface area (Å²) in [5, 5.41) is 0. The van der Waals surface area contributed by atoms with E-state index >= 15 is 0 Å². The van der Waals surface area contributed by atoms with E-state index in [0.29, 0.717) is 17.4 Å². The van der Waals surface area contributed by atoms with Gasteiger partial charge in [0.25, 0.3) is 0 Å². The topological polar surface area (TPSA) is 72.2 Å². The minimum atomic E-state index is -3.53. The zero-order chi connectivity index (χ0) is 15.7. The Balaban J connectivity index is 2.31. The Hall–Kier alpha value is -0.910. The number of rotatable bonds is 4. The predicted molar refractivity (Wildman–Crippen MR) is 85.7 cm³/mol. The van der Waals surface area contributed by atoms with Crippen LogP contribution < -0.4 is 10.5 Å². The molecule has 1 saturated carbocycles. The maximum atomic E-state index is 12.7. The van der Waals surface area contributed by atoms with E-state index in [4.69, 9.17) is 5.73 Å². The SMILES string of the molecule is Cc1ccc(S(=O)(=O)NC2(CN)CCCC(C)C2)c(C)c1. The third-order valence-corrected chi connectivity index (χ3v) is 6.19. The van der Waals surface area contributed by atoms with Gasteiger partial charge in [-0.1, -0.05) is 37.5 Å². The van der Waals surface area contributed by atoms with Crippen LogP contribution in [0.25, 0.3) is 0 Å². The van der Waals surface area contributed by atoms with E-state index in [2.05, 4.69) is 11.6 Å². The summed E-state index contributed by atoms with van der Waals surface area (Å²) in [6.07, 6.45) is 3.80. The molecule has 4 nitrogen and oxygen atoms in total. The van der Waals surface area contributed by atoms with Gasteiger partial charge in [0.05, 0.1) is 4.90 Å². The van der Waals surface area contributed by atoms with Crippen LogP contribution in [0.5, 0.6) is 0 Å². The average Bonchev–Trinajstić information content (AvgIpc) is 2.37. The third-order valence-electron chi connectivity index (χ3n) is 4.45. The van der Waals surface area contributed by atoms with Crippen molar-refractivity contribution in [2.45, 2.75) is 56.9 Å². The quantitative estimate of drug-likeness (QED) is 0.897. The predicted octanol–water partition coefficient (Wildman–Crippen LogP) is 2.49. The fraction of sp³-hybridized carbons (Fsp3) is 0.625. The normalized spacial score (nSPS) is 26.8. The lowest BCUT2D eigenvalue weighted by Crippen LogP contribution is -2.55. The molecule has 1 aliphatic carbocycles. The summed E-state index contributed by atoms with van der Waals surface area (Å²) in [7, 11) is -3.53. The molecule has 2 atom stereocenters. The van der Waals surface area contributed by atoms with E-state index < -0.39 is 15.6 Å². The fourth-order valence-electron chi connectivity index (χ4n) is 3.42. The van der Waals surface area contributed by atoms with Crippen molar-refractivity contribution in [3.05, 3.63) is 29.3 Å². The van der Waals surface area contributed by atoms with Crippen molar-refractivity contribution in [2.24, 2.45) is 11.7 Å². The Labute approximate surface area is 128 Å². The van der Waals surface area contributed by atoms with Gasteiger partial charge in [-0.15, -0.1) is 0 Å². The standard InChI is InChI=1S/C16H26N2O2S/c1-12-6-7-15(14(3)9-12)21(19,20)18-16(11-17)8-4-5-13(2)10-16/h6-7,9,13,18H,4-5,8,10-11,17H2,1-3H3. The largest absolute Gasteiger partial charge is 0.329 e. The molecule has 1 aromatic rings. The summed E-state index contributed by atoms with van der Waals surface area (Å²) < 4.78 is 28.4. The highest BCUT2D eigenvalue weighted by molar-refractivity contribution is 7.89. The van der Waals surface area contributed by atoms with Crippen LogP contribution >= 0.6 is 0 Å². The molecule has 21 heavy (non-hydrogen) atoms. The maximum Gasteiger partial charge on any atom is 0.241 e. The first-order chi connectivity index (χ1) is 9.78. The van der Waals surface area contributed by atoms with Gasteiger partial charge >= 0.3 is 0 Å². The lowest BCUT2D eigenvalue weighted by Gasteiger charge is -2.39. The minimum Gasteiger partial charge on any atom is -0.329 e. The molecule has 5 heteroatoms. The number of sulfonamides is 1. The van der Waals surface area contributed by atoms with E-state index in [1.165, 1.54) is 0 Å². The molecule has 0 bridgehead atoms. The molecule has 0 radical (unpaired) electrons. The molecule has 0 spiro atoms. The van der Waals surface area contributed by atoms with E-state index in [1.807, 2.05) is 26.0 Å². The van der Waals surface area contributed by atoms with Crippen molar-refractivity contribution in [1.29, 1.82) is 0 Å². The van der Waals surface area contributed by atoms with E-state index in [9.17, 15) is 8.42 Å². The Morgan fingerprint density at radius 1 is 1.38 bits per heavy atom. The van der Waals surface area contributed by atoms with Crippen molar-refractivity contribution < 1.29 is 8.42 Å². The average molecular weight is 310 g/mol. The van der Waals surface area contributed by atoms with E-state index in [0.717, 1.165) is 36.8 Å². The van der Waals surface area contributed by atoms with Crippen LogP contribution in [0, 0.1) is 19.8 Å². The number of hydrogen-bond donors (Lipinski definition) is 2. The van der Waals surface area contributed by atoms with Crippen LogP contribution in [0.15, 0.2) is 23.1 Å². The Bertz CT molecular complexity index is 613. The second-order valence-electron chi connectivity index (χ2n) is 6.56. The summed E-state index contributed by atoms with van der Waals surface area (Å²) >= 11 is 0. The van der Waals surface area contributed by atoms with Gasteiger partial charge in [0, 0.05) is 12.1 Å². The Kier molecular flexibility index (Phi) is 4.76. The van der Waals surface area contributed by atoms with Crippen molar-refractivity contribution in [2.75, 3.05) is 6.54 Å². The van der Waals surface area contributed by atoms with Gasteiger partial charge in [0.2, 0.25) is 10.0 Å². The summed E-state index contributed by atoms with van der Waals surface area (Å²) in [5.74, 6) is 0.504. The molecular weight excluding hydrogens is 284 g/mol. The molecule has 0 saturated heterocycles. The zero-order valence-electron chi connectivity index (χ0n) is 13.1. The Morgan fingerprint density at radius 2 is 2.10 bits per heavy atom. The van der Waals surface area contributed by atoms with Crippen molar-refractivity contribution >= 4 is 10.0 Å². The summed E-state index contributed by atoms with van der Waals surface area (Å²) in [6, 6.07) is 5.41. The third kappa shape index (κ3) is 3.65. The van der Waals surface area contributed by atoms with Gasteiger partial charge < -0.3 is 5.73 Å². The molecule has 1 aromatic carbocycles. The first-order valence-electron chi connectivity index (χ1n) is 7.59. The van der Waals surface area contributed by atoms with Gasteiger partial charge in [-0.3, -0.25) is 0 Å².